The molecule has 2 heterocycles. The van der Waals surface area contributed by atoms with E-state index in [-0.39, 0.29) is 17.9 Å². The summed E-state index contributed by atoms with van der Waals surface area (Å²) in [4.78, 5) is 33.9. The summed E-state index contributed by atoms with van der Waals surface area (Å²) in [5.74, 6) is -0.299. The van der Waals surface area contributed by atoms with Gasteiger partial charge in [-0.3, -0.25) is 9.36 Å². The minimum Gasteiger partial charge on any atom is -0.508 e. The van der Waals surface area contributed by atoms with E-state index in [9.17, 15) is 14.7 Å². The van der Waals surface area contributed by atoms with E-state index in [1.165, 1.54) is 11.3 Å². The lowest BCUT2D eigenvalue weighted by atomic mass is 9.95. The monoisotopic (exact) mass is 503 g/mol. The van der Waals surface area contributed by atoms with Crippen LogP contribution in [0.15, 0.2) is 76.2 Å². The molecule has 3 aromatic rings. The second-order valence-electron chi connectivity index (χ2n) is 8.67. The maximum absolute atomic E-state index is 13.7. The van der Waals surface area contributed by atoms with Crippen LogP contribution in [0.1, 0.15) is 36.6 Å². The van der Waals surface area contributed by atoms with Crippen LogP contribution in [0.5, 0.6) is 5.75 Å². The topological polar surface area (TPSA) is 84.1 Å². The van der Waals surface area contributed by atoms with Crippen molar-refractivity contribution in [2.45, 2.75) is 26.3 Å². The van der Waals surface area contributed by atoms with Crippen molar-refractivity contribution in [3.05, 3.63) is 103 Å². The number of phenolic OH excluding ortho intramolecular Hbond substituents is 1. The first-order valence-corrected chi connectivity index (χ1v) is 12.5. The van der Waals surface area contributed by atoms with Crippen molar-refractivity contribution >= 4 is 29.1 Å². The van der Waals surface area contributed by atoms with E-state index in [4.69, 9.17) is 4.74 Å². The molecule has 186 valence electrons. The molecular weight excluding hydrogens is 474 g/mol. The van der Waals surface area contributed by atoms with Crippen molar-refractivity contribution in [1.29, 1.82) is 0 Å². The van der Waals surface area contributed by atoms with E-state index in [2.05, 4.69) is 11.6 Å². The number of carbonyl (C=O) groups is 1. The molecule has 0 bridgehead atoms. The first-order valence-electron chi connectivity index (χ1n) is 11.6. The Morgan fingerprint density at radius 1 is 1.25 bits per heavy atom. The number of thiazole rings is 1. The number of nitrogens with zero attached hydrogens (tertiary/aromatic N) is 3. The number of ether oxygens (including phenoxy) is 1. The predicted octanol–water partition coefficient (Wildman–Crippen LogP) is 3.30. The van der Waals surface area contributed by atoms with Crippen molar-refractivity contribution in [3.63, 3.8) is 0 Å². The Hall–Kier alpha value is -3.91. The van der Waals surface area contributed by atoms with Crippen LogP contribution < -0.4 is 19.8 Å². The van der Waals surface area contributed by atoms with Crippen molar-refractivity contribution in [1.82, 2.24) is 4.57 Å². The third kappa shape index (κ3) is 4.77. The number of allylic oxidation sites excluding steroid dienone is 2. The molecule has 0 saturated carbocycles. The van der Waals surface area contributed by atoms with Crippen molar-refractivity contribution in [3.8, 4) is 5.75 Å². The number of esters is 1. The van der Waals surface area contributed by atoms with Gasteiger partial charge in [0, 0.05) is 19.8 Å². The molecule has 1 N–H and O–H groups in total. The lowest BCUT2D eigenvalue weighted by Gasteiger charge is -2.25. The molecule has 0 radical (unpaired) electrons. The Labute approximate surface area is 213 Å². The van der Waals surface area contributed by atoms with Gasteiger partial charge in [-0.15, -0.1) is 6.58 Å². The lowest BCUT2D eigenvalue weighted by molar-refractivity contribution is -0.139. The van der Waals surface area contributed by atoms with Crippen LogP contribution >= 0.6 is 11.3 Å². The zero-order valence-corrected chi connectivity index (χ0v) is 21.6. The van der Waals surface area contributed by atoms with E-state index in [0.717, 1.165) is 22.4 Å². The van der Waals surface area contributed by atoms with Crippen LogP contribution in [-0.2, 0) is 16.0 Å². The highest BCUT2D eigenvalue weighted by Gasteiger charge is 2.33. The maximum Gasteiger partial charge on any atom is 0.338 e. The van der Waals surface area contributed by atoms with Crippen molar-refractivity contribution < 1.29 is 14.6 Å². The van der Waals surface area contributed by atoms with Gasteiger partial charge in [0.1, 0.15) is 5.75 Å². The van der Waals surface area contributed by atoms with Gasteiger partial charge in [0.2, 0.25) is 0 Å². The number of benzene rings is 2. The molecule has 1 atom stereocenters. The summed E-state index contributed by atoms with van der Waals surface area (Å²) in [6.45, 7) is 7.48. The highest BCUT2D eigenvalue weighted by atomic mass is 32.1. The summed E-state index contributed by atoms with van der Waals surface area (Å²) in [6, 6.07) is 12.3. The zero-order valence-electron chi connectivity index (χ0n) is 20.8. The molecule has 7 nitrogen and oxygen atoms in total. The van der Waals surface area contributed by atoms with Crippen LogP contribution in [0.4, 0.5) is 5.69 Å². The molecular formula is C28H29N3O4S. The fourth-order valence-corrected chi connectivity index (χ4v) is 5.27. The number of rotatable bonds is 7. The third-order valence-corrected chi connectivity index (χ3v) is 6.99. The molecule has 36 heavy (non-hydrogen) atoms. The highest BCUT2D eigenvalue weighted by molar-refractivity contribution is 7.07. The van der Waals surface area contributed by atoms with E-state index >= 15 is 0 Å². The van der Waals surface area contributed by atoms with Crippen LogP contribution in [0.3, 0.4) is 0 Å². The van der Waals surface area contributed by atoms with Gasteiger partial charge in [0.15, 0.2) is 4.80 Å². The molecule has 2 aromatic carbocycles. The fourth-order valence-electron chi connectivity index (χ4n) is 4.23. The van der Waals surface area contributed by atoms with E-state index in [1.54, 1.807) is 42.7 Å². The number of aromatic hydroxyl groups is 1. The third-order valence-electron chi connectivity index (χ3n) is 6.01. The van der Waals surface area contributed by atoms with Gasteiger partial charge in [-0.2, -0.15) is 0 Å². The summed E-state index contributed by atoms with van der Waals surface area (Å²) < 4.78 is 7.41. The normalized spacial score (nSPS) is 15.3. The van der Waals surface area contributed by atoms with Gasteiger partial charge in [-0.25, -0.2) is 9.79 Å². The van der Waals surface area contributed by atoms with Crippen molar-refractivity contribution in [2.24, 2.45) is 4.99 Å². The number of hydrogen-bond acceptors (Lipinski definition) is 7. The Bertz CT molecular complexity index is 1530. The second-order valence-corrected chi connectivity index (χ2v) is 9.68. The Morgan fingerprint density at radius 3 is 2.61 bits per heavy atom. The highest BCUT2D eigenvalue weighted by Crippen LogP contribution is 2.31. The van der Waals surface area contributed by atoms with Crippen molar-refractivity contribution in [2.75, 3.05) is 25.6 Å². The number of fused-ring (bicyclic) bond motifs is 1. The molecule has 8 heteroatoms. The van der Waals surface area contributed by atoms with Crippen LogP contribution in [0.25, 0.3) is 6.08 Å². The molecule has 0 fully saturated rings. The number of phenols is 1. The summed E-state index contributed by atoms with van der Waals surface area (Å²) >= 11 is 1.27. The van der Waals surface area contributed by atoms with E-state index in [1.807, 2.05) is 49.3 Å². The van der Waals surface area contributed by atoms with Gasteiger partial charge in [0.05, 0.1) is 28.5 Å². The molecule has 0 spiro atoms. The smallest absolute Gasteiger partial charge is 0.338 e. The first kappa shape index (κ1) is 25.2. The Balaban J connectivity index is 1.91. The minimum absolute atomic E-state index is 0.185. The number of aromatic nitrogens is 1. The minimum atomic E-state index is -0.658. The fraction of sp³-hybridized carbons (Fsp3) is 0.250. The average Bonchev–Trinajstić information content (AvgIpc) is 3.15. The van der Waals surface area contributed by atoms with E-state index in [0.29, 0.717) is 27.0 Å². The summed E-state index contributed by atoms with van der Waals surface area (Å²) in [5, 5.41) is 10.1. The molecule has 0 amide bonds. The molecule has 0 aliphatic carbocycles. The molecule has 1 aliphatic rings. The SMILES string of the molecule is C=CCc1cc(/C=c2/sc3n(c2=O)[C@H](c2ccc(N(C)C)cc2)C(C(=O)OCC)=C(C)N=3)ccc1O. The summed E-state index contributed by atoms with van der Waals surface area (Å²) in [6.07, 6.45) is 4.01. The van der Waals surface area contributed by atoms with Crippen LogP contribution in [0.2, 0.25) is 0 Å². The molecule has 0 unspecified atom stereocenters. The molecule has 0 saturated heterocycles. The Morgan fingerprint density at radius 2 is 1.97 bits per heavy atom. The largest absolute Gasteiger partial charge is 0.508 e. The number of carbonyl (C=O) groups excluding carboxylic acids is 1. The lowest BCUT2D eigenvalue weighted by Crippen LogP contribution is -2.39. The molecule has 4 rings (SSSR count). The Kier molecular flexibility index (Phi) is 7.26. The average molecular weight is 504 g/mol. The molecule has 1 aliphatic heterocycles. The van der Waals surface area contributed by atoms with Gasteiger partial charge >= 0.3 is 5.97 Å². The zero-order chi connectivity index (χ0) is 26.0. The van der Waals surface area contributed by atoms with Gasteiger partial charge < -0.3 is 14.7 Å². The second kappa shape index (κ2) is 10.4. The summed E-state index contributed by atoms with van der Waals surface area (Å²) in [5.41, 5.74) is 3.95. The van der Waals surface area contributed by atoms with E-state index < -0.39 is 12.0 Å². The van der Waals surface area contributed by atoms with Crippen LogP contribution in [0, 0.1) is 0 Å². The van der Waals surface area contributed by atoms with Gasteiger partial charge in [0.25, 0.3) is 5.56 Å². The first-order chi connectivity index (χ1) is 17.2. The predicted molar refractivity (Wildman–Crippen MR) is 143 cm³/mol. The van der Waals surface area contributed by atoms with Gasteiger partial charge in [-0.05, 0) is 67.3 Å². The van der Waals surface area contributed by atoms with Gasteiger partial charge in [-0.1, -0.05) is 35.6 Å². The summed E-state index contributed by atoms with van der Waals surface area (Å²) in [7, 11) is 3.91. The maximum atomic E-state index is 13.7. The number of anilines is 1. The van der Waals surface area contributed by atoms with Crippen LogP contribution in [-0.4, -0.2) is 36.3 Å². The molecule has 1 aromatic heterocycles. The number of hydrogen-bond donors (Lipinski definition) is 1. The standard InChI is InChI=1S/C28H29N3O4S/c1-6-8-20-15-18(9-14-22(20)32)16-23-26(33)31-25(19-10-12-21(13-11-19)30(4)5)24(27(34)35-7-2)17(3)29-28(31)36-23/h6,9-16,25,32H,1,7-8H2,2-5H3/b23-16+/t25-/m1/s1. The quantitative estimate of drug-likeness (QED) is 0.395.